The van der Waals surface area contributed by atoms with Gasteiger partial charge in [0.1, 0.15) is 12.4 Å². The van der Waals surface area contributed by atoms with Crippen molar-refractivity contribution in [3.63, 3.8) is 0 Å². The fraction of sp³-hybridized carbons (Fsp3) is 0.571. The number of likely N-dealkylation sites (N-methyl/N-ethyl adjacent to an activating group) is 1. The van der Waals surface area contributed by atoms with E-state index in [1.54, 1.807) is 0 Å². The van der Waals surface area contributed by atoms with Crippen molar-refractivity contribution in [2.75, 3.05) is 33.3 Å². The van der Waals surface area contributed by atoms with Crippen LogP contribution >= 0.6 is 22.9 Å². The van der Waals surface area contributed by atoms with Gasteiger partial charge >= 0.3 is 0 Å². The van der Waals surface area contributed by atoms with Crippen LogP contribution in [0.25, 0.3) is 0 Å². The number of halogens is 1. The number of benzene rings is 1. The van der Waals surface area contributed by atoms with Crippen LogP contribution in [0, 0.1) is 0 Å². The van der Waals surface area contributed by atoms with Crippen LogP contribution in [0.4, 0.5) is 0 Å². The number of rotatable bonds is 5. The molecule has 0 aliphatic carbocycles. The monoisotopic (exact) mass is 360 g/mol. The molecule has 0 unspecified atom stereocenters. The molecule has 1 saturated heterocycles. The molecule has 1 aromatic carbocycles. The molecule has 0 amide bonds. The number of para-hydroxylation sites is 1. The summed E-state index contributed by atoms with van der Waals surface area (Å²) in [6.07, 6.45) is 2.54. The predicted molar refractivity (Wildman–Crippen MR) is 83.2 cm³/mol. The Kier molecular flexibility index (Phi) is 5.72. The van der Waals surface area contributed by atoms with Gasteiger partial charge in [0.15, 0.2) is 0 Å². The molecule has 100 valence electrons. The first kappa shape index (κ1) is 14.1. The minimum Gasteiger partial charge on any atom is -0.492 e. The summed E-state index contributed by atoms with van der Waals surface area (Å²) in [5.41, 5.74) is 0. The molecule has 1 aliphatic rings. The van der Waals surface area contributed by atoms with E-state index in [9.17, 15) is 0 Å². The molecule has 1 heterocycles. The maximum absolute atomic E-state index is 5.74. The Hall–Kier alpha value is -0.330. The van der Waals surface area contributed by atoms with Gasteiger partial charge in [-0.3, -0.25) is 4.90 Å². The summed E-state index contributed by atoms with van der Waals surface area (Å²) in [5, 5.41) is 0. The Bertz CT molecular complexity index is 339. The minimum atomic E-state index is 0.718. The molecule has 1 aromatic rings. The maximum Gasteiger partial charge on any atom is 0.119 e. The lowest BCUT2D eigenvalue weighted by Gasteiger charge is -2.34. The first-order valence-electron chi connectivity index (χ1n) is 6.54. The Balaban J connectivity index is 1.67. The van der Waals surface area contributed by atoms with Gasteiger partial charge in [-0.2, -0.15) is 0 Å². The smallest absolute Gasteiger partial charge is 0.119 e. The van der Waals surface area contributed by atoms with Gasteiger partial charge in [-0.25, -0.2) is 3.11 Å². The molecule has 1 aliphatic heterocycles. The van der Waals surface area contributed by atoms with Crippen LogP contribution in [0.15, 0.2) is 30.3 Å². The molecule has 0 N–H and O–H groups in total. The molecule has 1 fully saturated rings. The quantitative estimate of drug-likeness (QED) is 0.593. The van der Waals surface area contributed by atoms with Gasteiger partial charge < -0.3 is 4.74 Å². The SMILES string of the molecule is CN(CCOc1ccccc1)C1CCN(I)CC1. The summed E-state index contributed by atoms with van der Waals surface area (Å²) in [4.78, 5) is 2.44. The Morgan fingerprint density at radius 3 is 2.61 bits per heavy atom. The predicted octanol–water partition coefficient (Wildman–Crippen LogP) is 2.81. The summed E-state index contributed by atoms with van der Waals surface area (Å²) in [6, 6.07) is 10.8. The number of hydrogen-bond donors (Lipinski definition) is 0. The van der Waals surface area contributed by atoms with Crippen LogP contribution in [0.5, 0.6) is 5.75 Å². The zero-order valence-corrected chi connectivity index (χ0v) is 13.0. The van der Waals surface area contributed by atoms with Crippen molar-refractivity contribution in [1.29, 1.82) is 0 Å². The van der Waals surface area contributed by atoms with Gasteiger partial charge in [0, 0.05) is 48.5 Å². The van der Waals surface area contributed by atoms with Gasteiger partial charge in [0.25, 0.3) is 0 Å². The molecule has 4 heteroatoms. The van der Waals surface area contributed by atoms with Gasteiger partial charge in [0.2, 0.25) is 0 Å². The van der Waals surface area contributed by atoms with Crippen LogP contribution in [-0.4, -0.2) is 47.3 Å². The largest absolute Gasteiger partial charge is 0.492 e. The number of piperidine rings is 1. The van der Waals surface area contributed by atoms with Crippen LogP contribution in [0.3, 0.4) is 0 Å². The van der Waals surface area contributed by atoms with Crippen molar-refractivity contribution in [3.05, 3.63) is 30.3 Å². The second kappa shape index (κ2) is 7.31. The lowest BCUT2D eigenvalue weighted by atomic mass is 10.1. The summed E-state index contributed by atoms with van der Waals surface area (Å²) in [7, 11) is 2.21. The van der Waals surface area contributed by atoms with E-state index in [1.807, 2.05) is 30.3 Å². The van der Waals surface area contributed by atoms with Crippen LogP contribution < -0.4 is 4.74 Å². The molecule has 2 rings (SSSR count). The lowest BCUT2D eigenvalue weighted by molar-refractivity contribution is 0.152. The normalized spacial score (nSPS) is 18.2. The highest BCUT2D eigenvalue weighted by Crippen LogP contribution is 2.17. The number of nitrogens with zero attached hydrogens (tertiary/aromatic N) is 2. The Morgan fingerprint density at radius 1 is 1.28 bits per heavy atom. The average molecular weight is 360 g/mol. The van der Waals surface area contributed by atoms with E-state index in [2.05, 4.69) is 37.9 Å². The van der Waals surface area contributed by atoms with Crippen LogP contribution in [0.2, 0.25) is 0 Å². The molecule has 0 aromatic heterocycles. The zero-order valence-electron chi connectivity index (χ0n) is 10.9. The van der Waals surface area contributed by atoms with E-state index in [0.29, 0.717) is 0 Å². The van der Waals surface area contributed by atoms with Crippen molar-refractivity contribution in [2.45, 2.75) is 18.9 Å². The molecule has 0 bridgehead atoms. The highest BCUT2D eigenvalue weighted by molar-refractivity contribution is 14.1. The minimum absolute atomic E-state index is 0.718. The molecular weight excluding hydrogens is 339 g/mol. The summed E-state index contributed by atoms with van der Waals surface area (Å²) < 4.78 is 8.11. The lowest BCUT2D eigenvalue weighted by Crippen LogP contribution is -2.41. The van der Waals surface area contributed by atoms with E-state index >= 15 is 0 Å². The molecular formula is C14H21IN2O. The Labute approximate surface area is 124 Å². The first-order valence-corrected chi connectivity index (χ1v) is 7.51. The fourth-order valence-corrected chi connectivity index (χ4v) is 2.84. The van der Waals surface area contributed by atoms with Crippen LogP contribution in [-0.2, 0) is 0 Å². The summed E-state index contributed by atoms with van der Waals surface area (Å²) in [5.74, 6) is 0.966. The van der Waals surface area contributed by atoms with E-state index in [4.69, 9.17) is 4.74 Å². The second-order valence-corrected chi connectivity index (χ2v) is 6.15. The van der Waals surface area contributed by atoms with Gasteiger partial charge in [-0.1, -0.05) is 18.2 Å². The van der Waals surface area contributed by atoms with Crippen molar-refractivity contribution in [1.82, 2.24) is 8.01 Å². The van der Waals surface area contributed by atoms with Crippen molar-refractivity contribution in [3.8, 4) is 5.75 Å². The zero-order chi connectivity index (χ0) is 12.8. The molecule has 18 heavy (non-hydrogen) atoms. The maximum atomic E-state index is 5.74. The van der Waals surface area contributed by atoms with E-state index in [0.717, 1.165) is 24.9 Å². The molecule has 0 atom stereocenters. The Morgan fingerprint density at radius 2 is 1.94 bits per heavy atom. The molecule has 0 spiro atoms. The third kappa shape index (κ3) is 4.40. The first-order chi connectivity index (χ1) is 8.75. The van der Waals surface area contributed by atoms with Crippen molar-refractivity contribution < 1.29 is 4.74 Å². The fourth-order valence-electron chi connectivity index (χ4n) is 2.28. The van der Waals surface area contributed by atoms with E-state index in [-0.39, 0.29) is 0 Å². The van der Waals surface area contributed by atoms with Crippen LogP contribution in [0.1, 0.15) is 12.8 Å². The van der Waals surface area contributed by atoms with Gasteiger partial charge in [-0.15, -0.1) is 0 Å². The molecule has 0 saturated carbocycles. The van der Waals surface area contributed by atoms with E-state index in [1.165, 1.54) is 25.9 Å². The summed E-state index contributed by atoms with van der Waals surface area (Å²) in [6.45, 7) is 4.18. The number of ether oxygens (including phenoxy) is 1. The highest BCUT2D eigenvalue weighted by atomic mass is 127. The average Bonchev–Trinajstić information content (AvgIpc) is 2.40. The standard InChI is InChI=1S/C14H21IN2O/c1-16(13-7-9-17(15)10-8-13)11-12-18-14-5-3-2-4-6-14/h2-6,13H,7-12H2,1H3. The third-order valence-electron chi connectivity index (χ3n) is 3.49. The van der Waals surface area contributed by atoms with Gasteiger partial charge in [0.05, 0.1) is 0 Å². The van der Waals surface area contributed by atoms with Gasteiger partial charge in [-0.05, 0) is 32.0 Å². The van der Waals surface area contributed by atoms with Crippen molar-refractivity contribution in [2.24, 2.45) is 0 Å². The third-order valence-corrected chi connectivity index (χ3v) is 4.45. The van der Waals surface area contributed by atoms with Crippen molar-refractivity contribution >= 4 is 22.9 Å². The number of hydrogen-bond acceptors (Lipinski definition) is 3. The molecule has 3 nitrogen and oxygen atoms in total. The summed E-state index contributed by atoms with van der Waals surface area (Å²) >= 11 is 2.42. The second-order valence-electron chi connectivity index (χ2n) is 4.78. The van der Waals surface area contributed by atoms with E-state index < -0.39 is 0 Å². The molecule has 0 radical (unpaired) electrons. The highest BCUT2D eigenvalue weighted by Gasteiger charge is 2.20. The topological polar surface area (TPSA) is 15.7 Å².